The van der Waals surface area contributed by atoms with E-state index in [2.05, 4.69) is 15.0 Å². The first-order chi connectivity index (χ1) is 16.7. The quantitative estimate of drug-likeness (QED) is 0.451. The number of H-pyrrole nitrogens is 1. The third kappa shape index (κ3) is 3.85. The third-order valence-corrected chi connectivity index (χ3v) is 6.02. The Morgan fingerprint density at radius 2 is 2.15 bits per heavy atom. The maximum absolute atomic E-state index is 12.7. The monoisotopic (exact) mass is 458 g/mol. The molecule has 1 aromatic carbocycles. The topological polar surface area (TPSA) is 103 Å². The van der Waals surface area contributed by atoms with Crippen molar-refractivity contribution in [3.63, 3.8) is 0 Å². The largest absolute Gasteiger partial charge is 0.472 e. The first-order valence-electron chi connectivity index (χ1n) is 11.1. The zero-order chi connectivity index (χ0) is 22.9. The van der Waals surface area contributed by atoms with Crippen LogP contribution in [-0.2, 0) is 4.79 Å². The highest BCUT2D eigenvalue weighted by molar-refractivity contribution is 5.97. The third-order valence-electron chi connectivity index (χ3n) is 6.02. The lowest BCUT2D eigenvalue weighted by atomic mass is 10.1. The Labute approximate surface area is 195 Å². The summed E-state index contributed by atoms with van der Waals surface area (Å²) in [6, 6.07) is 9.39. The molecule has 0 unspecified atom stereocenters. The van der Waals surface area contributed by atoms with Crippen molar-refractivity contribution in [2.45, 2.75) is 18.9 Å². The highest BCUT2D eigenvalue weighted by atomic mass is 16.7. The second-order valence-corrected chi connectivity index (χ2v) is 8.19. The molecule has 6 rings (SSSR count). The fraction of sp³-hybridized carbons (Fsp3) is 0.240. The molecule has 3 aromatic heterocycles. The molecule has 4 aromatic rings. The number of aromatic amines is 1. The van der Waals surface area contributed by atoms with E-state index in [1.54, 1.807) is 29.4 Å². The van der Waals surface area contributed by atoms with Gasteiger partial charge in [-0.2, -0.15) is 0 Å². The summed E-state index contributed by atoms with van der Waals surface area (Å²) in [4.78, 5) is 26.5. The number of rotatable bonds is 5. The van der Waals surface area contributed by atoms with E-state index < -0.39 is 0 Å². The molecule has 0 saturated carbocycles. The van der Waals surface area contributed by atoms with Crippen LogP contribution in [0.15, 0.2) is 59.6 Å². The number of furan rings is 1. The lowest BCUT2D eigenvalue weighted by Gasteiger charge is -2.32. The van der Waals surface area contributed by atoms with Crippen LogP contribution in [0.4, 0.5) is 0 Å². The van der Waals surface area contributed by atoms with Crippen molar-refractivity contribution in [3.05, 3.63) is 61.0 Å². The molecular weight excluding hydrogens is 436 g/mol. The SMILES string of the molecule is O=C(/C=C/c1ccco1)N1CCC[C@@H](Oc2ncnc3[nH]cc(-c4ccc5c(c4)OCO5)c23)C1. The van der Waals surface area contributed by atoms with E-state index >= 15 is 0 Å². The minimum atomic E-state index is -0.174. The summed E-state index contributed by atoms with van der Waals surface area (Å²) < 4.78 is 22.6. The number of amides is 1. The number of benzene rings is 1. The average Bonchev–Trinajstić information content (AvgIpc) is 3.63. The molecule has 1 amide bonds. The van der Waals surface area contributed by atoms with Crippen molar-refractivity contribution in [3.8, 4) is 28.5 Å². The Morgan fingerprint density at radius 1 is 1.21 bits per heavy atom. The first-order valence-corrected chi connectivity index (χ1v) is 11.1. The molecule has 1 N–H and O–H groups in total. The number of nitrogens with zero attached hydrogens (tertiary/aromatic N) is 3. The molecule has 0 bridgehead atoms. The number of likely N-dealkylation sites (tertiary alicyclic amines) is 1. The second kappa shape index (κ2) is 8.58. The van der Waals surface area contributed by atoms with Gasteiger partial charge in [-0.1, -0.05) is 6.07 Å². The maximum Gasteiger partial charge on any atom is 0.246 e. The van der Waals surface area contributed by atoms with Crippen LogP contribution in [0.2, 0.25) is 0 Å². The molecule has 0 spiro atoms. The van der Waals surface area contributed by atoms with Gasteiger partial charge in [-0.15, -0.1) is 0 Å². The Morgan fingerprint density at radius 3 is 3.06 bits per heavy atom. The molecule has 2 aliphatic rings. The Kier molecular flexibility index (Phi) is 5.14. The van der Waals surface area contributed by atoms with Crippen LogP contribution in [-0.4, -0.2) is 51.7 Å². The van der Waals surface area contributed by atoms with Crippen LogP contribution < -0.4 is 14.2 Å². The van der Waals surface area contributed by atoms with E-state index in [9.17, 15) is 4.79 Å². The molecule has 0 aliphatic carbocycles. The number of fused-ring (bicyclic) bond motifs is 2. The zero-order valence-corrected chi connectivity index (χ0v) is 18.3. The number of nitrogens with one attached hydrogen (secondary N) is 1. The van der Waals surface area contributed by atoms with Gasteiger partial charge in [-0.25, -0.2) is 9.97 Å². The van der Waals surface area contributed by atoms with Gasteiger partial charge in [0.15, 0.2) is 11.5 Å². The van der Waals surface area contributed by atoms with Crippen LogP contribution >= 0.6 is 0 Å². The molecule has 9 heteroatoms. The van der Waals surface area contributed by atoms with Gasteiger partial charge in [0.1, 0.15) is 23.8 Å². The van der Waals surface area contributed by atoms with E-state index in [1.165, 1.54) is 12.4 Å². The summed E-state index contributed by atoms with van der Waals surface area (Å²) in [5, 5.41) is 0.794. The predicted molar refractivity (Wildman–Crippen MR) is 123 cm³/mol. The number of hydrogen-bond donors (Lipinski definition) is 1. The van der Waals surface area contributed by atoms with Crippen molar-refractivity contribution in [1.82, 2.24) is 19.9 Å². The van der Waals surface area contributed by atoms with Gasteiger partial charge in [-0.3, -0.25) is 4.79 Å². The minimum Gasteiger partial charge on any atom is -0.472 e. The Balaban J connectivity index is 1.23. The van der Waals surface area contributed by atoms with Crippen molar-refractivity contribution in [1.29, 1.82) is 0 Å². The van der Waals surface area contributed by atoms with Gasteiger partial charge in [-0.05, 0) is 48.7 Å². The van der Waals surface area contributed by atoms with E-state index in [1.807, 2.05) is 24.4 Å². The van der Waals surface area contributed by atoms with Gasteiger partial charge in [0, 0.05) is 24.4 Å². The van der Waals surface area contributed by atoms with E-state index in [4.69, 9.17) is 18.6 Å². The molecule has 0 radical (unpaired) electrons. The van der Waals surface area contributed by atoms with Crippen molar-refractivity contribution < 1.29 is 23.4 Å². The van der Waals surface area contributed by atoms with E-state index in [0.717, 1.165) is 35.1 Å². The Hall–Kier alpha value is -4.27. The van der Waals surface area contributed by atoms with Crippen LogP contribution in [0.1, 0.15) is 18.6 Å². The lowest BCUT2D eigenvalue weighted by Crippen LogP contribution is -2.43. The molecule has 2 aliphatic heterocycles. The summed E-state index contributed by atoms with van der Waals surface area (Å²) in [5.41, 5.74) is 2.54. The van der Waals surface area contributed by atoms with Crippen molar-refractivity contribution in [2.75, 3.05) is 19.9 Å². The van der Waals surface area contributed by atoms with Gasteiger partial charge in [0.2, 0.25) is 18.6 Å². The zero-order valence-electron chi connectivity index (χ0n) is 18.3. The van der Waals surface area contributed by atoms with Crippen LogP contribution in [0, 0.1) is 0 Å². The van der Waals surface area contributed by atoms with Crippen molar-refractivity contribution in [2.24, 2.45) is 0 Å². The summed E-state index contributed by atoms with van der Waals surface area (Å²) >= 11 is 0. The van der Waals surface area contributed by atoms with E-state index in [0.29, 0.717) is 36.1 Å². The summed E-state index contributed by atoms with van der Waals surface area (Å²) in [7, 11) is 0. The number of hydrogen-bond acceptors (Lipinski definition) is 7. The molecular formula is C25H22N4O5. The summed E-state index contributed by atoms with van der Waals surface area (Å²) in [5.74, 6) is 2.49. The maximum atomic E-state index is 12.7. The molecule has 1 atom stereocenters. The number of carbonyl (C=O) groups is 1. The van der Waals surface area contributed by atoms with Crippen LogP contribution in [0.25, 0.3) is 28.2 Å². The number of piperidine rings is 1. The van der Waals surface area contributed by atoms with Crippen LogP contribution in [0.5, 0.6) is 17.4 Å². The number of ether oxygens (including phenoxy) is 3. The molecule has 172 valence electrons. The minimum absolute atomic E-state index is 0.0692. The summed E-state index contributed by atoms with van der Waals surface area (Å²) in [6.07, 6.45) is 9.67. The normalized spacial score (nSPS) is 17.5. The van der Waals surface area contributed by atoms with Gasteiger partial charge in [0.25, 0.3) is 0 Å². The highest BCUT2D eigenvalue weighted by Gasteiger charge is 2.26. The van der Waals surface area contributed by atoms with Crippen LogP contribution in [0.3, 0.4) is 0 Å². The van der Waals surface area contributed by atoms with E-state index in [-0.39, 0.29) is 18.8 Å². The second-order valence-electron chi connectivity index (χ2n) is 8.19. The molecule has 1 fully saturated rings. The molecule has 1 saturated heterocycles. The highest BCUT2D eigenvalue weighted by Crippen LogP contribution is 2.39. The lowest BCUT2D eigenvalue weighted by molar-refractivity contribution is -0.128. The standard InChI is InChI=1S/C25H22N4O5/c30-22(8-6-17-4-2-10-31-17)29-9-1-3-18(13-29)34-25-23-19(12-26-24(23)27-14-28-25)16-5-7-20-21(11-16)33-15-32-20/h2,4-8,10-12,14,18H,1,3,9,13,15H2,(H,26,27,28)/b8-6+/t18-/m1/s1. The molecule has 34 heavy (non-hydrogen) atoms. The fourth-order valence-electron chi connectivity index (χ4n) is 4.35. The molecule has 9 nitrogen and oxygen atoms in total. The fourth-order valence-corrected chi connectivity index (χ4v) is 4.35. The summed E-state index contributed by atoms with van der Waals surface area (Å²) in [6.45, 7) is 1.39. The predicted octanol–water partition coefficient (Wildman–Crippen LogP) is 4.03. The average molecular weight is 458 g/mol. The van der Waals surface area contributed by atoms with Gasteiger partial charge >= 0.3 is 0 Å². The first kappa shape index (κ1) is 20.3. The van der Waals surface area contributed by atoms with Gasteiger partial charge < -0.3 is 28.5 Å². The Bertz CT molecular complexity index is 1360. The molecule has 5 heterocycles. The smallest absolute Gasteiger partial charge is 0.246 e. The number of aromatic nitrogens is 3. The van der Waals surface area contributed by atoms with Gasteiger partial charge in [0.05, 0.1) is 18.2 Å². The van der Waals surface area contributed by atoms with Crippen molar-refractivity contribution >= 4 is 23.0 Å². The number of carbonyl (C=O) groups excluding carboxylic acids is 1.